The summed E-state index contributed by atoms with van der Waals surface area (Å²) in [5.74, 6) is -0.387. The number of imidazole rings is 1. The van der Waals surface area contributed by atoms with E-state index in [0.717, 1.165) is 12.1 Å². The van der Waals surface area contributed by atoms with Gasteiger partial charge in [-0.05, 0) is 32.0 Å². The highest BCUT2D eigenvalue weighted by Crippen LogP contribution is 2.27. The van der Waals surface area contributed by atoms with Gasteiger partial charge in [0, 0.05) is 17.8 Å². The van der Waals surface area contributed by atoms with Gasteiger partial charge in [-0.15, -0.1) is 13.2 Å². The van der Waals surface area contributed by atoms with E-state index in [1.807, 2.05) is 0 Å². The first kappa shape index (κ1) is 19.9. The van der Waals surface area contributed by atoms with Crippen molar-refractivity contribution in [3.8, 4) is 11.5 Å². The number of H-pyrrole nitrogens is 1. The molecule has 0 unspecified atom stereocenters. The highest BCUT2D eigenvalue weighted by molar-refractivity contribution is 7.90. The summed E-state index contributed by atoms with van der Waals surface area (Å²) in [5.41, 5.74) is 1.19. The van der Waals surface area contributed by atoms with Crippen molar-refractivity contribution in [3.05, 3.63) is 41.7 Å². The van der Waals surface area contributed by atoms with Gasteiger partial charge in [-0.3, -0.25) is 4.98 Å². The van der Waals surface area contributed by atoms with Crippen LogP contribution in [0.15, 0.2) is 35.6 Å². The van der Waals surface area contributed by atoms with Crippen LogP contribution in [0.3, 0.4) is 0 Å². The lowest BCUT2D eigenvalue weighted by Gasteiger charge is -2.10. The smallest absolute Gasteiger partial charge is 0.493 e. The molecule has 11 heteroatoms. The van der Waals surface area contributed by atoms with Gasteiger partial charge in [-0.1, -0.05) is 0 Å². The Morgan fingerprint density at radius 3 is 2.64 bits per heavy atom. The molecule has 0 bridgehead atoms. The van der Waals surface area contributed by atoms with Crippen molar-refractivity contribution >= 4 is 20.9 Å². The minimum absolute atomic E-state index is 0.105. The van der Waals surface area contributed by atoms with Gasteiger partial charge in [0.15, 0.2) is 0 Å². The Kier molecular flexibility index (Phi) is 5.20. The van der Waals surface area contributed by atoms with Crippen molar-refractivity contribution in [1.82, 2.24) is 15.0 Å². The Labute approximate surface area is 158 Å². The van der Waals surface area contributed by atoms with Crippen molar-refractivity contribution < 1.29 is 31.1 Å². The van der Waals surface area contributed by atoms with E-state index in [-0.39, 0.29) is 16.2 Å². The van der Waals surface area contributed by atoms with Crippen LogP contribution in [0.5, 0.6) is 11.5 Å². The number of aromatic nitrogens is 3. The first-order valence-electron chi connectivity index (χ1n) is 8.14. The Morgan fingerprint density at radius 2 is 1.96 bits per heavy atom. The van der Waals surface area contributed by atoms with E-state index in [9.17, 15) is 21.6 Å². The Morgan fingerprint density at radius 1 is 1.21 bits per heavy atom. The molecule has 0 fully saturated rings. The zero-order valence-corrected chi connectivity index (χ0v) is 15.7. The minimum atomic E-state index is -4.85. The molecule has 1 N–H and O–H groups in total. The molecule has 2 aromatic heterocycles. The van der Waals surface area contributed by atoms with Gasteiger partial charge in [0.25, 0.3) is 0 Å². The minimum Gasteiger partial charge on any atom is -0.493 e. The number of rotatable bonds is 6. The van der Waals surface area contributed by atoms with Crippen LogP contribution in [0.1, 0.15) is 18.2 Å². The maximum absolute atomic E-state index is 12.7. The summed E-state index contributed by atoms with van der Waals surface area (Å²) in [4.78, 5) is 10.6. The maximum atomic E-state index is 12.7. The molecule has 0 spiro atoms. The summed E-state index contributed by atoms with van der Waals surface area (Å²) in [7, 11) is -3.93. The van der Waals surface area contributed by atoms with E-state index in [0.29, 0.717) is 23.6 Å². The third-order valence-corrected chi connectivity index (χ3v) is 5.28. The van der Waals surface area contributed by atoms with Crippen LogP contribution in [-0.2, 0) is 15.6 Å². The predicted molar refractivity (Wildman–Crippen MR) is 93.8 cm³/mol. The Hall–Kier alpha value is -2.82. The molecule has 2 heterocycles. The number of alkyl halides is 3. The van der Waals surface area contributed by atoms with Gasteiger partial charge >= 0.3 is 6.36 Å². The van der Waals surface area contributed by atoms with Crippen molar-refractivity contribution in [2.24, 2.45) is 0 Å². The van der Waals surface area contributed by atoms with E-state index in [1.54, 1.807) is 19.9 Å². The number of benzene rings is 1. The molecule has 7 nitrogen and oxygen atoms in total. The monoisotopic (exact) mass is 415 g/mol. The molecule has 1 aromatic carbocycles. The van der Waals surface area contributed by atoms with Gasteiger partial charge in [-0.2, -0.15) is 0 Å². The average molecular weight is 415 g/mol. The molecule has 0 aliphatic heterocycles. The summed E-state index contributed by atoms with van der Waals surface area (Å²) in [6.45, 7) is 3.92. The maximum Gasteiger partial charge on any atom is 0.573 e. The molecular formula is C17H16F3N3O4S. The second kappa shape index (κ2) is 7.30. The number of nitrogens with one attached hydrogen (secondary N) is 1. The highest BCUT2D eigenvalue weighted by Gasteiger charge is 2.31. The summed E-state index contributed by atoms with van der Waals surface area (Å²) in [6, 6.07) is 4.97. The quantitative estimate of drug-likeness (QED) is 0.662. The molecular weight excluding hydrogens is 399 g/mol. The van der Waals surface area contributed by atoms with Gasteiger partial charge in [-0.25, -0.2) is 13.4 Å². The zero-order chi connectivity index (χ0) is 20.5. The van der Waals surface area contributed by atoms with Crippen molar-refractivity contribution in [3.63, 3.8) is 0 Å². The first-order chi connectivity index (χ1) is 13.1. The van der Waals surface area contributed by atoms with E-state index >= 15 is 0 Å². The Bertz CT molecular complexity index is 1110. The van der Waals surface area contributed by atoms with E-state index < -0.39 is 27.7 Å². The first-order valence-corrected chi connectivity index (χ1v) is 9.80. The van der Waals surface area contributed by atoms with Crippen molar-refractivity contribution in [1.29, 1.82) is 0 Å². The molecule has 0 saturated carbocycles. The number of hydrogen-bond acceptors (Lipinski definition) is 6. The third kappa shape index (κ3) is 4.35. The number of aromatic amines is 1. The van der Waals surface area contributed by atoms with Crippen LogP contribution >= 0.6 is 0 Å². The van der Waals surface area contributed by atoms with Crippen LogP contribution in [0, 0.1) is 6.92 Å². The molecule has 0 saturated heterocycles. The van der Waals surface area contributed by atoms with Crippen LogP contribution < -0.4 is 9.47 Å². The predicted octanol–water partition coefficient (Wildman–Crippen LogP) is 3.54. The fourth-order valence-corrected chi connectivity index (χ4v) is 3.87. The fraction of sp³-hybridized carbons (Fsp3) is 0.294. The second-order valence-electron chi connectivity index (χ2n) is 5.84. The van der Waals surface area contributed by atoms with Crippen LogP contribution in [-0.4, -0.2) is 36.3 Å². The summed E-state index contributed by atoms with van der Waals surface area (Å²) >= 11 is 0. The number of sulfone groups is 1. The average Bonchev–Trinajstić information content (AvgIpc) is 3.01. The topological polar surface area (TPSA) is 94.2 Å². The lowest BCUT2D eigenvalue weighted by atomic mass is 10.2. The van der Waals surface area contributed by atoms with Gasteiger partial charge in [0.1, 0.15) is 17.3 Å². The molecule has 0 amide bonds. The van der Waals surface area contributed by atoms with Crippen molar-refractivity contribution in [2.45, 2.75) is 31.1 Å². The normalized spacial score (nSPS) is 12.3. The molecule has 0 atom stereocenters. The molecule has 28 heavy (non-hydrogen) atoms. The zero-order valence-electron chi connectivity index (χ0n) is 14.9. The summed E-state index contributed by atoms with van der Waals surface area (Å²) in [5, 5.41) is -0.366. The second-order valence-corrected chi connectivity index (χ2v) is 7.75. The van der Waals surface area contributed by atoms with Crippen LogP contribution in [0.4, 0.5) is 13.2 Å². The largest absolute Gasteiger partial charge is 0.573 e. The van der Waals surface area contributed by atoms with Crippen molar-refractivity contribution in [2.75, 3.05) is 6.61 Å². The molecule has 0 radical (unpaired) electrons. The van der Waals surface area contributed by atoms with Gasteiger partial charge in [0.05, 0.1) is 23.3 Å². The fourth-order valence-electron chi connectivity index (χ4n) is 2.57. The lowest BCUT2D eigenvalue weighted by Crippen LogP contribution is -2.16. The highest BCUT2D eigenvalue weighted by atomic mass is 32.2. The summed E-state index contributed by atoms with van der Waals surface area (Å²) < 4.78 is 71.7. The summed E-state index contributed by atoms with van der Waals surface area (Å²) in [6.07, 6.45) is -3.40. The standard InChI is InChI=1S/C17H16F3N3O4S/c1-3-26-15-6-7-21-14(10(15)2)9-28(24,25)16-22-12-5-4-11(8-13(12)23-16)27-17(18,19)20/h4-8H,3,9H2,1-2H3,(H,22,23). The molecule has 0 aliphatic rings. The van der Waals surface area contributed by atoms with Crippen LogP contribution in [0.2, 0.25) is 0 Å². The number of pyridine rings is 1. The molecule has 3 rings (SSSR count). The number of fused-ring (bicyclic) bond motifs is 1. The number of hydrogen-bond donors (Lipinski definition) is 1. The number of ether oxygens (including phenoxy) is 2. The third-order valence-electron chi connectivity index (χ3n) is 3.85. The molecule has 150 valence electrons. The van der Waals surface area contributed by atoms with E-state index in [2.05, 4.69) is 19.7 Å². The number of nitrogens with zero attached hydrogens (tertiary/aromatic N) is 2. The van der Waals surface area contributed by atoms with Crippen LogP contribution in [0.25, 0.3) is 11.0 Å². The molecule has 0 aliphatic carbocycles. The Balaban J connectivity index is 1.92. The van der Waals surface area contributed by atoms with Gasteiger partial charge in [0.2, 0.25) is 15.0 Å². The van der Waals surface area contributed by atoms with E-state index in [4.69, 9.17) is 4.74 Å². The van der Waals surface area contributed by atoms with Gasteiger partial charge < -0.3 is 14.5 Å². The number of halogens is 3. The molecule has 3 aromatic rings. The SMILES string of the molecule is CCOc1ccnc(CS(=O)(=O)c2nc3ccc(OC(F)(F)F)cc3[nH]2)c1C. The van der Waals surface area contributed by atoms with E-state index in [1.165, 1.54) is 12.3 Å². The lowest BCUT2D eigenvalue weighted by molar-refractivity contribution is -0.274.